The van der Waals surface area contributed by atoms with Crippen LogP contribution in [0.1, 0.15) is 12.0 Å². The lowest BCUT2D eigenvalue weighted by Gasteiger charge is -2.04. The number of aryl methyl sites for hydroxylation is 2. The van der Waals surface area contributed by atoms with E-state index in [9.17, 15) is 4.79 Å². The van der Waals surface area contributed by atoms with E-state index in [0.29, 0.717) is 6.54 Å². The Morgan fingerprint density at radius 3 is 2.88 bits per heavy atom. The molecule has 17 heavy (non-hydrogen) atoms. The van der Waals surface area contributed by atoms with Crippen molar-refractivity contribution in [3.05, 3.63) is 30.0 Å². The minimum atomic E-state index is -0.785. The molecule has 0 fully saturated rings. The molecule has 2 aromatic rings. The molecule has 0 aliphatic carbocycles. The van der Waals surface area contributed by atoms with Crippen molar-refractivity contribution in [2.75, 3.05) is 7.11 Å². The van der Waals surface area contributed by atoms with Crippen molar-refractivity contribution >= 4 is 16.9 Å². The monoisotopic (exact) mass is 233 g/mol. The Balaban J connectivity index is 2.43. The average Bonchev–Trinajstić information content (AvgIpc) is 2.63. The largest absolute Gasteiger partial charge is 0.497 e. The van der Waals surface area contributed by atoms with Crippen LogP contribution in [0.15, 0.2) is 24.4 Å². The van der Waals surface area contributed by atoms with Crippen molar-refractivity contribution in [1.82, 2.24) is 4.57 Å². The van der Waals surface area contributed by atoms with Gasteiger partial charge in [-0.05, 0) is 24.6 Å². The second kappa shape index (κ2) is 4.49. The van der Waals surface area contributed by atoms with E-state index in [1.54, 1.807) is 7.11 Å². The fraction of sp³-hybridized carbons (Fsp3) is 0.308. The smallest absolute Gasteiger partial charge is 0.305 e. The summed E-state index contributed by atoms with van der Waals surface area (Å²) in [5, 5.41) is 9.85. The molecule has 0 atom stereocenters. The molecule has 0 unspecified atom stereocenters. The summed E-state index contributed by atoms with van der Waals surface area (Å²) in [5.41, 5.74) is 2.16. The van der Waals surface area contributed by atoms with Gasteiger partial charge in [0.15, 0.2) is 0 Å². The maximum absolute atomic E-state index is 10.6. The Labute approximate surface area is 99.4 Å². The first-order valence-electron chi connectivity index (χ1n) is 5.47. The summed E-state index contributed by atoms with van der Waals surface area (Å²) in [5.74, 6) is -0.000394. The van der Waals surface area contributed by atoms with Crippen molar-refractivity contribution in [1.29, 1.82) is 0 Å². The molecule has 4 heteroatoms. The van der Waals surface area contributed by atoms with Crippen LogP contribution in [-0.4, -0.2) is 22.8 Å². The van der Waals surface area contributed by atoms with Crippen LogP contribution in [0.25, 0.3) is 10.9 Å². The lowest BCUT2D eigenvalue weighted by atomic mass is 10.2. The van der Waals surface area contributed by atoms with E-state index in [4.69, 9.17) is 9.84 Å². The number of ether oxygens (including phenoxy) is 1. The molecule has 0 bridgehead atoms. The second-order valence-corrected chi connectivity index (χ2v) is 4.03. The van der Waals surface area contributed by atoms with Gasteiger partial charge in [0.05, 0.1) is 19.0 Å². The van der Waals surface area contributed by atoms with Gasteiger partial charge in [-0.15, -0.1) is 0 Å². The number of aliphatic carboxylic acids is 1. The standard InChI is InChI=1S/C13H15NO3/c1-9-8-14(6-5-13(15)16)12-7-10(17-2)3-4-11(9)12/h3-4,7-8H,5-6H2,1-2H3,(H,15,16). The Morgan fingerprint density at radius 2 is 2.24 bits per heavy atom. The first-order valence-corrected chi connectivity index (χ1v) is 5.47. The number of methoxy groups -OCH3 is 1. The molecule has 90 valence electrons. The summed E-state index contributed by atoms with van der Waals surface area (Å²) < 4.78 is 7.14. The highest BCUT2D eigenvalue weighted by Crippen LogP contribution is 2.25. The number of benzene rings is 1. The highest BCUT2D eigenvalue weighted by molar-refractivity contribution is 5.85. The number of rotatable bonds is 4. The molecule has 1 aromatic carbocycles. The molecule has 4 nitrogen and oxygen atoms in total. The Hall–Kier alpha value is -1.97. The number of fused-ring (bicyclic) bond motifs is 1. The Kier molecular flexibility index (Phi) is 3.04. The molecular formula is C13H15NO3. The average molecular weight is 233 g/mol. The molecule has 1 aromatic heterocycles. The summed E-state index contributed by atoms with van der Waals surface area (Å²) in [6.07, 6.45) is 2.10. The third kappa shape index (κ3) is 2.25. The van der Waals surface area contributed by atoms with E-state index < -0.39 is 5.97 Å². The third-order valence-electron chi connectivity index (χ3n) is 2.86. The quantitative estimate of drug-likeness (QED) is 0.882. The van der Waals surface area contributed by atoms with Crippen LogP contribution in [0.5, 0.6) is 5.75 Å². The van der Waals surface area contributed by atoms with Crippen molar-refractivity contribution in [3.63, 3.8) is 0 Å². The minimum absolute atomic E-state index is 0.125. The number of hydrogen-bond donors (Lipinski definition) is 1. The van der Waals surface area contributed by atoms with Crippen LogP contribution in [0.4, 0.5) is 0 Å². The SMILES string of the molecule is COc1ccc2c(C)cn(CCC(=O)O)c2c1. The normalized spacial score (nSPS) is 10.7. The molecule has 0 radical (unpaired) electrons. The zero-order valence-electron chi connectivity index (χ0n) is 9.93. The molecule has 1 N–H and O–H groups in total. The summed E-state index contributed by atoms with van der Waals surface area (Å²) in [4.78, 5) is 10.6. The van der Waals surface area contributed by atoms with E-state index >= 15 is 0 Å². The maximum atomic E-state index is 10.6. The van der Waals surface area contributed by atoms with E-state index in [0.717, 1.165) is 22.2 Å². The van der Waals surface area contributed by atoms with Crippen molar-refractivity contribution in [3.8, 4) is 5.75 Å². The lowest BCUT2D eigenvalue weighted by molar-refractivity contribution is -0.137. The number of carboxylic acid groups (broad SMARTS) is 1. The van der Waals surface area contributed by atoms with Crippen LogP contribution >= 0.6 is 0 Å². The molecule has 1 heterocycles. The maximum Gasteiger partial charge on any atom is 0.305 e. The molecule has 0 aliphatic rings. The Morgan fingerprint density at radius 1 is 1.47 bits per heavy atom. The number of carbonyl (C=O) groups is 1. The second-order valence-electron chi connectivity index (χ2n) is 4.03. The van der Waals surface area contributed by atoms with Crippen molar-refractivity contribution in [2.45, 2.75) is 19.9 Å². The lowest BCUT2D eigenvalue weighted by Crippen LogP contribution is -2.03. The molecular weight excluding hydrogens is 218 g/mol. The van der Waals surface area contributed by atoms with Crippen LogP contribution < -0.4 is 4.74 Å². The van der Waals surface area contributed by atoms with Gasteiger partial charge in [-0.25, -0.2) is 0 Å². The predicted molar refractivity (Wildman–Crippen MR) is 65.5 cm³/mol. The van der Waals surface area contributed by atoms with Gasteiger partial charge in [-0.2, -0.15) is 0 Å². The van der Waals surface area contributed by atoms with Crippen LogP contribution in [-0.2, 0) is 11.3 Å². The number of aromatic nitrogens is 1. The molecule has 0 spiro atoms. The van der Waals surface area contributed by atoms with E-state index in [1.807, 2.05) is 35.9 Å². The van der Waals surface area contributed by atoms with E-state index in [1.165, 1.54) is 0 Å². The zero-order chi connectivity index (χ0) is 12.4. The van der Waals surface area contributed by atoms with E-state index in [2.05, 4.69) is 0 Å². The number of nitrogens with zero attached hydrogens (tertiary/aromatic N) is 1. The van der Waals surface area contributed by atoms with Gasteiger partial charge in [-0.1, -0.05) is 0 Å². The minimum Gasteiger partial charge on any atom is -0.497 e. The summed E-state index contributed by atoms with van der Waals surface area (Å²) in [6, 6.07) is 5.85. The molecule has 0 aliphatic heterocycles. The summed E-state index contributed by atoms with van der Waals surface area (Å²) in [7, 11) is 1.62. The predicted octanol–water partition coefficient (Wildman–Crippen LogP) is 2.43. The third-order valence-corrected chi connectivity index (χ3v) is 2.86. The van der Waals surface area contributed by atoms with Crippen molar-refractivity contribution in [2.24, 2.45) is 0 Å². The molecule has 0 saturated heterocycles. The summed E-state index contributed by atoms with van der Waals surface area (Å²) >= 11 is 0. The first-order chi connectivity index (χ1) is 8.11. The van der Waals surface area contributed by atoms with Gasteiger partial charge < -0.3 is 14.4 Å². The number of carboxylic acids is 1. The van der Waals surface area contributed by atoms with Gasteiger partial charge in [0.1, 0.15) is 5.75 Å². The molecule has 2 rings (SSSR count). The first kappa shape index (κ1) is 11.5. The van der Waals surface area contributed by atoms with Gasteiger partial charge in [-0.3, -0.25) is 4.79 Å². The van der Waals surface area contributed by atoms with Gasteiger partial charge in [0, 0.05) is 24.2 Å². The van der Waals surface area contributed by atoms with E-state index in [-0.39, 0.29) is 6.42 Å². The van der Waals surface area contributed by atoms with Crippen LogP contribution in [0.2, 0.25) is 0 Å². The van der Waals surface area contributed by atoms with Crippen molar-refractivity contribution < 1.29 is 14.6 Å². The van der Waals surface area contributed by atoms with Crippen LogP contribution in [0.3, 0.4) is 0 Å². The number of hydrogen-bond acceptors (Lipinski definition) is 2. The highest BCUT2D eigenvalue weighted by Gasteiger charge is 2.07. The summed E-state index contributed by atoms with van der Waals surface area (Å²) in [6.45, 7) is 2.50. The van der Waals surface area contributed by atoms with Gasteiger partial charge in [0.25, 0.3) is 0 Å². The topological polar surface area (TPSA) is 51.5 Å². The fourth-order valence-electron chi connectivity index (χ4n) is 1.98. The molecule has 0 amide bonds. The van der Waals surface area contributed by atoms with Gasteiger partial charge >= 0.3 is 5.97 Å². The van der Waals surface area contributed by atoms with Gasteiger partial charge in [0.2, 0.25) is 0 Å². The Bertz CT molecular complexity index is 557. The fourth-order valence-corrected chi connectivity index (χ4v) is 1.98. The highest BCUT2D eigenvalue weighted by atomic mass is 16.5. The molecule has 0 saturated carbocycles. The van der Waals surface area contributed by atoms with Crippen LogP contribution in [0, 0.1) is 6.92 Å². The zero-order valence-corrected chi connectivity index (χ0v) is 9.93.